The molecule has 0 heterocycles. The van der Waals surface area contributed by atoms with Crippen LogP contribution in [0.1, 0.15) is 25.0 Å². The van der Waals surface area contributed by atoms with Crippen LogP contribution < -0.4 is 4.90 Å². The normalized spacial score (nSPS) is 12.8. The van der Waals surface area contributed by atoms with Crippen LogP contribution in [0.2, 0.25) is 0 Å². The highest BCUT2D eigenvalue weighted by Crippen LogP contribution is 2.52. The molecule has 10 rings (SSSR count). The SMILES string of the molecule is CC1(C)c2ccccc2-c2cc(N(c3ccc(-c4ccccc4)cc3)c3cccc(-c4ccc5ccccc5c4)c3-c3ccc4ccccc4c3)ccc21. The number of rotatable bonds is 6. The van der Waals surface area contributed by atoms with Crippen LogP contribution in [0, 0.1) is 0 Å². The molecule has 54 heavy (non-hydrogen) atoms. The monoisotopic (exact) mass is 689 g/mol. The molecule has 0 N–H and O–H groups in total. The summed E-state index contributed by atoms with van der Waals surface area (Å²) in [5.74, 6) is 0. The van der Waals surface area contributed by atoms with E-state index in [1.807, 2.05) is 0 Å². The zero-order valence-corrected chi connectivity index (χ0v) is 30.5. The number of hydrogen-bond acceptors (Lipinski definition) is 1. The summed E-state index contributed by atoms with van der Waals surface area (Å²) in [7, 11) is 0. The lowest BCUT2D eigenvalue weighted by atomic mass is 9.82. The second-order valence-corrected chi connectivity index (χ2v) is 15.0. The van der Waals surface area contributed by atoms with Crippen molar-refractivity contribution in [1.82, 2.24) is 0 Å². The third-order valence-corrected chi connectivity index (χ3v) is 11.4. The number of hydrogen-bond donors (Lipinski definition) is 0. The largest absolute Gasteiger partial charge is 0.310 e. The molecule has 0 radical (unpaired) electrons. The lowest BCUT2D eigenvalue weighted by Crippen LogP contribution is -2.15. The van der Waals surface area contributed by atoms with Crippen molar-refractivity contribution in [3.8, 4) is 44.5 Å². The Bertz CT molecular complexity index is 2850. The highest BCUT2D eigenvalue weighted by atomic mass is 15.1. The third kappa shape index (κ3) is 5.32. The molecule has 0 atom stereocenters. The summed E-state index contributed by atoms with van der Waals surface area (Å²) in [4.78, 5) is 2.47. The Labute approximate surface area is 317 Å². The molecule has 1 nitrogen and oxygen atoms in total. The molecule has 0 bridgehead atoms. The first-order valence-corrected chi connectivity index (χ1v) is 18.8. The van der Waals surface area contributed by atoms with Crippen LogP contribution in [-0.4, -0.2) is 0 Å². The molecule has 0 fully saturated rings. The van der Waals surface area contributed by atoms with Crippen molar-refractivity contribution in [2.24, 2.45) is 0 Å². The Hall–Kier alpha value is -6.70. The summed E-state index contributed by atoms with van der Waals surface area (Å²) in [5.41, 5.74) is 15.9. The maximum absolute atomic E-state index is 2.47. The molecule has 1 aliphatic rings. The smallest absolute Gasteiger partial charge is 0.0546 e. The van der Waals surface area contributed by atoms with Gasteiger partial charge in [0.25, 0.3) is 0 Å². The van der Waals surface area contributed by atoms with Crippen molar-refractivity contribution >= 4 is 38.6 Å². The van der Waals surface area contributed by atoms with Crippen molar-refractivity contribution in [3.05, 3.63) is 211 Å². The van der Waals surface area contributed by atoms with E-state index in [0.29, 0.717) is 0 Å². The van der Waals surface area contributed by atoms with Gasteiger partial charge in [-0.05, 0) is 114 Å². The molecule has 9 aromatic carbocycles. The summed E-state index contributed by atoms with van der Waals surface area (Å²) < 4.78 is 0. The van der Waals surface area contributed by atoms with Gasteiger partial charge in [0.1, 0.15) is 0 Å². The highest BCUT2D eigenvalue weighted by Gasteiger charge is 2.35. The van der Waals surface area contributed by atoms with E-state index in [4.69, 9.17) is 0 Å². The lowest BCUT2D eigenvalue weighted by Gasteiger charge is -2.30. The van der Waals surface area contributed by atoms with Crippen LogP contribution in [0.25, 0.3) is 66.1 Å². The standard InChI is InChI=1S/C53H39N/c1-53(2)49-21-11-10-19-47(49)48-35-45(31-32-50(48)53)54(44-29-27-39(28-30-44)36-13-4-3-5-14-36)51-22-12-20-46(42-25-23-37-15-6-8-17-40(37)33-42)52(51)43-26-24-38-16-7-9-18-41(38)34-43/h3-35H,1-2H3. The van der Waals surface area contributed by atoms with Gasteiger partial charge in [-0.2, -0.15) is 0 Å². The second-order valence-electron chi connectivity index (χ2n) is 15.0. The van der Waals surface area contributed by atoms with Crippen molar-refractivity contribution < 1.29 is 0 Å². The van der Waals surface area contributed by atoms with Gasteiger partial charge in [0.05, 0.1) is 5.69 Å². The summed E-state index contributed by atoms with van der Waals surface area (Å²) in [6.45, 7) is 4.70. The van der Waals surface area contributed by atoms with Gasteiger partial charge in [-0.15, -0.1) is 0 Å². The molecule has 1 aliphatic carbocycles. The van der Waals surface area contributed by atoms with Crippen LogP contribution in [0.15, 0.2) is 200 Å². The van der Waals surface area contributed by atoms with Crippen LogP contribution in [0.5, 0.6) is 0 Å². The van der Waals surface area contributed by atoms with Gasteiger partial charge in [0, 0.05) is 22.4 Å². The first-order chi connectivity index (χ1) is 26.5. The minimum absolute atomic E-state index is 0.0706. The molecular formula is C53H39N. The van der Waals surface area contributed by atoms with Gasteiger partial charge in [-0.1, -0.05) is 172 Å². The first-order valence-electron chi connectivity index (χ1n) is 18.8. The Morgan fingerprint density at radius 1 is 0.333 bits per heavy atom. The number of anilines is 3. The maximum Gasteiger partial charge on any atom is 0.0546 e. The maximum atomic E-state index is 2.47. The van der Waals surface area contributed by atoms with Crippen LogP contribution in [0.3, 0.4) is 0 Å². The molecular weight excluding hydrogens is 651 g/mol. The summed E-state index contributed by atoms with van der Waals surface area (Å²) in [6.07, 6.45) is 0. The molecule has 0 amide bonds. The predicted octanol–water partition coefficient (Wildman–Crippen LogP) is 14.8. The van der Waals surface area contributed by atoms with Crippen LogP contribution in [-0.2, 0) is 5.41 Å². The first kappa shape index (κ1) is 32.0. The third-order valence-electron chi connectivity index (χ3n) is 11.4. The molecule has 0 saturated heterocycles. The van der Waals surface area contributed by atoms with Gasteiger partial charge >= 0.3 is 0 Å². The van der Waals surface area contributed by atoms with Gasteiger partial charge in [-0.25, -0.2) is 0 Å². The second kappa shape index (κ2) is 12.8. The van der Waals surface area contributed by atoms with Crippen molar-refractivity contribution in [3.63, 3.8) is 0 Å². The fraction of sp³-hybridized carbons (Fsp3) is 0.0566. The Morgan fingerprint density at radius 2 is 0.870 bits per heavy atom. The minimum atomic E-state index is -0.0706. The van der Waals surface area contributed by atoms with Gasteiger partial charge < -0.3 is 4.90 Å². The molecule has 0 aliphatic heterocycles. The van der Waals surface area contributed by atoms with E-state index < -0.39 is 0 Å². The summed E-state index contributed by atoms with van der Waals surface area (Å²) in [5, 5.41) is 4.94. The molecule has 9 aromatic rings. The van der Waals surface area contributed by atoms with Crippen molar-refractivity contribution in [2.75, 3.05) is 4.90 Å². The lowest BCUT2D eigenvalue weighted by molar-refractivity contribution is 0.660. The average molecular weight is 690 g/mol. The topological polar surface area (TPSA) is 3.24 Å². The predicted molar refractivity (Wildman–Crippen MR) is 230 cm³/mol. The number of fused-ring (bicyclic) bond motifs is 5. The molecule has 1 heteroatoms. The molecule has 0 saturated carbocycles. The van der Waals surface area contributed by atoms with E-state index in [1.165, 1.54) is 77.2 Å². The molecule has 0 spiro atoms. The van der Waals surface area contributed by atoms with E-state index >= 15 is 0 Å². The van der Waals surface area contributed by atoms with E-state index in [9.17, 15) is 0 Å². The quantitative estimate of drug-likeness (QED) is 0.168. The van der Waals surface area contributed by atoms with Crippen LogP contribution in [0.4, 0.5) is 17.1 Å². The average Bonchev–Trinajstić information content (AvgIpc) is 3.46. The Morgan fingerprint density at radius 3 is 1.61 bits per heavy atom. The summed E-state index contributed by atoms with van der Waals surface area (Å²) in [6, 6.07) is 73.6. The van der Waals surface area contributed by atoms with E-state index in [0.717, 1.165) is 17.1 Å². The van der Waals surface area contributed by atoms with E-state index in [2.05, 4.69) is 219 Å². The molecule has 0 unspecified atom stereocenters. The Balaban J connectivity index is 1.24. The fourth-order valence-electron chi connectivity index (χ4n) is 8.68. The number of benzene rings is 9. The highest BCUT2D eigenvalue weighted by molar-refractivity contribution is 6.01. The van der Waals surface area contributed by atoms with Gasteiger partial charge in [-0.3, -0.25) is 0 Å². The van der Waals surface area contributed by atoms with Gasteiger partial charge in [0.2, 0.25) is 0 Å². The van der Waals surface area contributed by atoms with E-state index in [-0.39, 0.29) is 5.41 Å². The molecule has 256 valence electrons. The zero-order valence-electron chi connectivity index (χ0n) is 30.5. The Kier molecular flexibility index (Phi) is 7.56. The van der Waals surface area contributed by atoms with Crippen LogP contribution >= 0.6 is 0 Å². The van der Waals surface area contributed by atoms with Gasteiger partial charge in [0.15, 0.2) is 0 Å². The molecule has 0 aromatic heterocycles. The zero-order chi connectivity index (χ0) is 36.2. The minimum Gasteiger partial charge on any atom is -0.310 e. The van der Waals surface area contributed by atoms with Crippen molar-refractivity contribution in [1.29, 1.82) is 0 Å². The summed E-state index contributed by atoms with van der Waals surface area (Å²) >= 11 is 0. The van der Waals surface area contributed by atoms with Crippen molar-refractivity contribution in [2.45, 2.75) is 19.3 Å². The number of nitrogens with zero attached hydrogens (tertiary/aromatic N) is 1. The van der Waals surface area contributed by atoms with E-state index in [1.54, 1.807) is 0 Å². The fourth-order valence-corrected chi connectivity index (χ4v) is 8.68.